The van der Waals surface area contributed by atoms with Crippen molar-refractivity contribution in [2.24, 2.45) is 5.73 Å². The fourth-order valence-corrected chi connectivity index (χ4v) is 4.98. The number of carbonyl (C=O) groups is 2. The molecule has 0 aliphatic carbocycles. The van der Waals surface area contributed by atoms with Gasteiger partial charge >= 0.3 is 0 Å². The van der Waals surface area contributed by atoms with Gasteiger partial charge in [0.25, 0.3) is 11.7 Å². The summed E-state index contributed by atoms with van der Waals surface area (Å²) < 4.78 is 5.04. The van der Waals surface area contributed by atoms with Crippen molar-refractivity contribution >= 4 is 11.8 Å². The van der Waals surface area contributed by atoms with E-state index in [-0.39, 0.29) is 30.1 Å². The Balaban J connectivity index is 1.37. The molecule has 0 bridgehead atoms. The smallest absolute Gasteiger partial charge is 0.295 e. The summed E-state index contributed by atoms with van der Waals surface area (Å²) in [5.41, 5.74) is 7.91. The van der Waals surface area contributed by atoms with Gasteiger partial charge in [0.1, 0.15) is 6.04 Å². The number of aromatic nitrogens is 2. The largest absolute Gasteiger partial charge is 0.340 e. The second-order valence-corrected chi connectivity index (χ2v) is 8.71. The molecule has 0 radical (unpaired) electrons. The predicted octanol–water partition coefficient (Wildman–Crippen LogP) is 2.54. The van der Waals surface area contributed by atoms with Gasteiger partial charge in [-0.2, -0.15) is 4.98 Å². The van der Waals surface area contributed by atoms with Crippen molar-refractivity contribution in [1.82, 2.24) is 19.9 Å². The minimum absolute atomic E-state index is 0.0113. The van der Waals surface area contributed by atoms with Gasteiger partial charge in [-0.15, -0.1) is 0 Å². The van der Waals surface area contributed by atoms with Crippen LogP contribution in [0.5, 0.6) is 0 Å². The van der Waals surface area contributed by atoms with E-state index in [4.69, 9.17) is 10.3 Å². The molecule has 2 N–H and O–H groups in total. The molecule has 0 unspecified atom stereocenters. The topological polar surface area (TPSA) is 106 Å². The molecule has 1 aromatic heterocycles. The van der Waals surface area contributed by atoms with Crippen molar-refractivity contribution in [3.8, 4) is 0 Å². The Kier molecular flexibility index (Phi) is 5.92. The Hall–Kier alpha value is -3.52. The number of nitrogens with two attached hydrogens (primary N) is 1. The molecule has 2 saturated heterocycles. The van der Waals surface area contributed by atoms with E-state index >= 15 is 0 Å². The van der Waals surface area contributed by atoms with Crippen LogP contribution in [0.4, 0.5) is 0 Å². The van der Waals surface area contributed by atoms with Crippen molar-refractivity contribution < 1.29 is 14.1 Å². The first-order valence-electron chi connectivity index (χ1n) is 11.4. The molecule has 33 heavy (non-hydrogen) atoms. The van der Waals surface area contributed by atoms with E-state index in [2.05, 4.69) is 22.3 Å². The number of hydrogen-bond acceptors (Lipinski definition) is 6. The second kappa shape index (κ2) is 9.15. The van der Waals surface area contributed by atoms with Gasteiger partial charge in [-0.05, 0) is 24.0 Å². The van der Waals surface area contributed by atoms with Gasteiger partial charge in [-0.25, -0.2) is 0 Å². The van der Waals surface area contributed by atoms with Crippen LogP contribution in [0.1, 0.15) is 52.3 Å². The SMILES string of the molecule is NCc1nc(C(=O)N2C[C@@H](c3ccccc3)C[C@H]2C(=O)N2CC[C@H](c3ccccc3)C2)no1. The van der Waals surface area contributed by atoms with Crippen LogP contribution in [-0.4, -0.2) is 57.4 Å². The van der Waals surface area contributed by atoms with E-state index in [9.17, 15) is 9.59 Å². The third kappa shape index (κ3) is 4.26. The lowest BCUT2D eigenvalue weighted by atomic mass is 9.96. The van der Waals surface area contributed by atoms with Crippen LogP contribution >= 0.6 is 0 Å². The lowest BCUT2D eigenvalue weighted by Crippen LogP contribution is -2.47. The van der Waals surface area contributed by atoms with Crippen LogP contribution in [0, 0.1) is 0 Å². The van der Waals surface area contributed by atoms with E-state index in [1.165, 1.54) is 5.56 Å². The highest BCUT2D eigenvalue weighted by molar-refractivity contribution is 5.95. The number of likely N-dealkylation sites (tertiary alicyclic amines) is 2. The highest BCUT2D eigenvalue weighted by Gasteiger charge is 2.44. The van der Waals surface area contributed by atoms with Gasteiger partial charge in [0.05, 0.1) is 6.54 Å². The highest BCUT2D eigenvalue weighted by Crippen LogP contribution is 2.35. The van der Waals surface area contributed by atoms with Gasteiger partial charge in [-0.1, -0.05) is 65.8 Å². The average Bonchev–Trinajstić information content (AvgIpc) is 3.64. The van der Waals surface area contributed by atoms with E-state index in [1.54, 1.807) is 4.90 Å². The Morgan fingerprint density at radius 1 is 0.970 bits per heavy atom. The lowest BCUT2D eigenvalue weighted by molar-refractivity contribution is -0.134. The normalized spacial score (nSPS) is 22.6. The first-order valence-corrected chi connectivity index (χ1v) is 11.4. The summed E-state index contributed by atoms with van der Waals surface area (Å²) in [6, 6.07) is 19.7. The maximum absolute atomic E-state index is 13.7. The summed E-state index contributed by atoms with van der Waals surface area (Å²) in [6.07, 6.45) is 1.49. The number of hydrogen-bond donors (Lipinski definition) is 1. The molecule has 2 aliphatic heterocycles. The number of benzene rings is 2. The highest BCUT2D eigenvalue weighted by atomic mass is 16.5. The molecule has 3 aromatic rings. The third-order valence-corrected chi connectivity index (χ3v) is 6.72. The fourth-order valence-electron chi connectivity index (χ4n) is 4.98. The van der Waals surface area contributed by atoms with Gasteiger partial charge in [-0.3, -0.25) is 9.59 Å². The van der Waals surface area contributed by atoms with Gasteiger partial charge < -0.3 is 20.1 Å². The van der Waals surface area contributed by atoms with E-state index in [1.807, 2.05) is 53.4 Å². The number of nitrogens with zero attached hydrogens (tertiary/aromatic N) is 4. The summed E-state index contributed by atoms with van der Waals surface area (Å²) in [5.74, 6) is 0.125. The van der Waals surface area contributed by atoms with Crippen LogP contribution < -0.4 is 5.73 Å². The molecule has 0 saturated carbocycles. The van der Waals surface area contributed by atoms with Crippen LogP contribution in [0.3, 0.4) is 0 Å². The molecule has 8 nitrogen and oxygen atoms in total. The molecule has 2 aromatic carbocycles. The lowest BCUT2D eigenvalue weighted by Gasteiger charge is -2.27. The molecule has 2 amide bonds. The Bertz CT molecular complexity index is 1120. The van der Waals surface area contributed by atoms with Crippen molar-refractivity contribution in [2.45, 2.75) is 37.3 Å². The maximum atomic E-state index is 13.7. The minimum atomic E-state index is -0.558. The molecule has 5 rings (SSSR count). The maximum Gasteiger partial charge on any atom is 0.295 e. The minimum Gasteiger partial charge on any atom is -0.340 e. The van der Waals surface area contributed by atoms with E-state index in [0.29, 0.717) is 32.0 Å². The molecule has 2 aliphatic rings. The van der Waals surface area contributed by atoms with Crippen LogP contribution in [-0.2, 0) is 11.3 Å². The monoisotopic (exact) mass is 445 g/mol. The van der Waals surface area contributed by atoms with Gasteiger partial charge in [0.15, 0.2) is 0 Å². The summed E-state index contributed by atoms with van der Waals surface area (Å²) in [7, 11) is 0. The first kappa shape index (κ1) is 21.3. The summed E-state index contributed by atoms with van der Waals surface area (Å²) in [5, 5.41) is 3.79. The number of rotatable bonds is 5. The zero-order chi connectivity index (χ0) is 22.8. The van der Waals surface area contributed by atoms with E-state index in [0.717, 1.165) is 12.0 Å². The molecule has 170 valence electrons. The van der Waals surface area contributed by atoms with Crippen molar-refractivity contribution in [3.63, 3.8) is 0 Å². The van der Waals surface area contributed by atoms with Crippen molar-refractivity contribution in [1.29, 1.82) is 0 Å². The molecule has 8 heteroatoms. The summed E-state index contributed by atoms with van der Waals surface area (Å²) in [6.45, 7) is 1.84. The van der Waals surface area contributed by atoms with E-state index < -0.39 is 11.9 Å². The molecular weight excluding hydrogens is 418 g/mol. The molecule has 3 heterocycles. The van der Waals surface area contributed by atoms with Gasteiger partial charge in [0, 0.05) is 31.5 Å². The Labute approximate surface area is 192 Å². The van der Waals surface area contributed by atoms with Crippen LogP contribution in [0.15, 0.2) is 65.2 Å². The molecule has 2 fully saturated rings. The fraction of sp³-hybridized carbons (Fsp3) is 0.360. The zero-order valence-corrected chi connectivity index (χ0v) is 18.3. The Morgan fingerprint density at radius 3 is 2.27 bits per heavy atom. The van der Waals surface area contributed by atoms with Gasteiger partial charge in [0.2, 0.25) is 11.8 Å². The number of amides is 2. The van der Waals surface area contributed by atoms with Crippen LogP contribution in [0.2, 0.25) is 0 Å². The number of carbonyl (C=O) groups excluding carboxylic acids is 2. The predicted molar refractivity (Wildman–Crippen MR) is 121 cm³/mol. The summed E-state index contributed by atoms with van der Waals surface area (Å²) >= 11 is 0. The molecule has 3 atom stereocenters. The van der Waals surface area contributed by atoms with Crippen molar-refractivity contribution in [2.75, 3.05) is 19.6 Å². The second-order valence-electron chi connectivity index (χ2n) is 8.71. The molecular formula is C25H27N5O3. The average molecular weight is 446 g/mol. The quantitative estimate of drug-likeness (QED) is 0.647. The molecule has 0 spiro atoms. The first-order chi connectivity index (χ1) is 16.1. The zero-order valence-electron chi connectivity index (χ0n) is 18.3. The third-order valence-electron chi connectivity index (χ3n) is 6.72. The Morgan fingerprint density at radius 2 is 1.64 bits per heavy atom. The standard InChI is InChI=1S/C25H27N5O3/c26-14-22-27-23(28-33-22)25(32)30-16-20(18-9-5-2-6-10-18)13-21(30)24(31)29-12-11-19(15-29)17-7-3-1-4-8-17/h1-10,19-21H,11-16,26H2/t19-,20-,21-/m0/s1. The van der Waals surface area contributed by atoms with Crippen molar-refractivity contribution in [3.05, 3.63) is 83.5 Å². The summed E-state index contributed by atoms with van der Waals surface area (Å²) in [4.78, 5) is 34.6. The van der Waals surface area contributed by atoms with Crippen LogP contribution in [0.25, 0.3) is 0 Å².